The molecule has 0 radical (unpaired) electrons. The summed E-state index contributed by atoms with van der Waals surface area (Å²) >= 11 is 0. The van der Waals surface area contributed by atoms with Crippen LogP contribution in [0.2, 0.25) is 0 Å². The van der Waals surface area contributed by atoms with Gasteiger partial charge in [-0.15, -0.1) is 5.10 Å². The zero-order valence-corrected chi connectivity index (χ0v) is 14.2. The quantitative estimate of drug-likeness (QED) is 0.542. The molecule has 27 heavy (non-hydrogen) atoms. The van der Waals surface area contributed by atoms with Crippen molar-refractivity contribution in [3.05, 3.63) is 77.2 Å². The predicted molar refractivity (Wildman–Crippen MR) is 96.5 cm³/mol. The molecule has 0 atom stereocenters. The first-order valence-corrected chi connectivity index (χ1v) is 8.25. The number of fused-ring (bicyclic) bond motifs is 1. The number of ether oxygens (including phenoxy) is 1. The molecule has 0 spiro atoms. The fourth-order valence-electron chi connectivity index (χ4n) is 2.77. The van der Waals surface area contributed by atoms with Crippen molar-refractivity contribution < 1.29 is 14.6 Å². The first-order chi connectivity index (χ1) is 13.2. The van der Waals surface area contributed by atoms with Gasteiger partial charge in [-0.2, -0.15) is 0 Å². The molecule has 4 aromatic rings. The number of benzene rings is 2. The van der Waals surface area contributed by atoms with Crippen molar-refractivity contribution in [1.29, 1.82) is 0 Å². The molecular formula is C19H15N5O3. The lowest BCUT2D eigenvalue weighted by molar-refractivity contribution is 0.0696. The smallest absolute Gasteiger partial charge is 0.335 e. The van der Waals surface area contributed by atoms with E-state index < -0.39 is 5.97 Å². The molecule has 2 aromatic heterocycles. The minimum Gasteiger partial charge on any atom is -0.487 e. The number of hydrogen-bond acceptors (Lipinski definition) is 6. The number of hydrogen-bond donors (Lipinski definition) is 2. The molecule has 4 rings (SSSR count). The molecule has 0 aliphatic carbocycles. The van der Waals surface area contributed by atoms with Gasteiger partial charge in [0.25, 0.3) is 0 Å². The van der Waals surface area contributed by atoms with Gasteiger partial charge in [0.05, 0.1) is 16.8 Å². The number of aromatic carboxylic acids is 1. The van der Waals surface area contributed by atoms with Crippen molar-refractivity contribution in [2.24, 2.45) is 0 Å². The summed E-state index contributed by atoms with van der Waals surface area (Å²) < 4.78 is 5.92. The average molecular weight is 361 g/mol. The summed E-state index contributed by atoms with van der Waals surface area (Å²) in [5, 5.41) is 23.9. The molecule has 0 saturated heterocycles. The van der Waals surface area contributed by atoms with Crippen molar-refractivity contribution >= 4 is 16.9 Å². The molecule has 0 unspecified atom stereocenters. The highest BCUT2D eigenvalue weighted by molar-refractivity contribution is 5.88. The number of tetrazole rings is 1. The number of pyridine rings is 1. The van der Waals surface area contributed by atoms with E-state index in [9.17, 15) is 9.90 Å². The van der Waals surface area contributed by atoms with Crippen molar-refractivity contribution in [1.82, 2.24) is 25.6 Å². The van der Waals surface area contributed by atoms with Crippen LogP contribution in [0.4, 0.5) is 0 Å². The number of carboxylic acids is 1. The van der Waals surface area contributed by atoms with Crippen molar-refractivity contribution in [3.8, 4) is 5.75 Å². The number of aromatic amines is 1. The van der Waals surface area contributed by atoms with Gasteiger partial charge in [-0.1, -0.05) is 24.3 Å². The van der Waals surface area contributed by atoms with Crippen LogP contribution in [0.5, 0.6) is 5.75 Å². The van der Waals surface area contributed by atoms with Crippen molar-refractivity contribution in [3.63, 3.8) is 0 Å². The third kappa shape index (κ3) is 3.74. The van der Waals surface area contributed by atoms with Crippen LogP contribution < -0.4 is 4.74 Å². The van der Waals surface area contributed by atoms with E-state index in [2.05, 4.69) is 25.6 Å². The van der Waals surface area contributed by atoms with Crippen LogP contribution in [0, 0.1) is 0 Å². The molecule has 0 saturated carbocycles. The zero-order valence-electron chi connectivity index (χ0n) is 14.2. The SMILES string of the molecule is O=C(O)c1ccc(OCc2ccc3ccccc3n2)c(Cc2nnn[nH]2)c1. The number of aromatic nitrogens is 5. The van der Waals surface area contributed by atoms with E-state index in [4.69, 9.17) is 4.74 Å². The Morgan fingerprint density at radius 3 is 2.81 bits per heavy atom. The molecule has 2 aromatic carbocycles. The highest BCUT2D eigenvalue weighted by Crippen LogP contribution is 2.24. The number of rotatable bonds is 6. The van der Waals surface area contributed by atoms with Gasteiger partial charge in [0.1, 0.15) is 12.4 Å². The average Bonchev–Trinajstić information content (AvgIpc) is 3.20. The van der Waals surface area contributed by atoms with E-state index >= 15 is 0 Å². The largest absolute Gasteiger partial charge is 0.487 e. The normalized spacial score (nSPS) is 10.8. The van der Waals surface area contributed by atoms with E-state index in [0.717, 1.165) is 16.6 Å². The Bertz CT molecular complexity index is 1100. The van der Waals surface area contributed by atoms with Crippen LogP contribution in [-0.4, -0.2) is 36.7 Å². The van der Waals surface area contributed by atoms with Crippen LogP contribution in [0.25, 0.3) is 10.9 Å². The fraction of sp³-hybridized carbons (Fsp3) is 0.105. The summed E-state index contributed by atoms with van der Waals surface area (Å²) in [7, 11) is 0. The summed E-state index contributed by atoms with van der Waals surface area (Å²) in [6.07, 6.45) is 0.328. The lowest BCUT2D eigenvalue weighted by Gasteiger charge is -2.12. The number of para-hydroxylation sites is 1. The van der Waals surface area contributed by atoms with E-state index in [-0.39, 0.29) is 12.2 Å². The maximum absolute atomic E-state index is 11.3. The summed E-state index contributed by atoms with van der Waals surface area (Å²) in [5.41, 5.74) is 2.53. The Labute approximate surface area is 153 Å². The van der Waals surface area contributed by atoms with E-state index in [1.165, 1.54) is 6.07 Å². The van der Waals surface area contributed by atoms with Crippen LogP contribution in [0.3, 0.4) is 0 Å². The second-order valence-electron chi connectivity index (χ2n) is 5.94. The lowest BCUT2D eigenvalue weighted by atomic mass is 10.1. The van der Waals surface area contributed by atoms with E-state index in [1.54, 1.807) is 12.1 Å². The summed E-state index contributed by atoms with van der Waals surface area (Å²) in [6.45, 7) is 0.263. The number of carboxylic acid groups (broad SMARTS) is 1. The van der Waals surface area contributed by atoms with Crippen LogP contribution >= 0.6 is 0 Å². The molecule has 8 heteroatoms. The summed E-state index contributed by atoms with van der Waals surface area (Å²) in [5.74, 6) is 0.0762. The van der Waals surface area contributed by atoms with Gasteiger partial charge in [0.2, 0.25) is 0 Å². The topological polar surface area (TPSA) is 114 Å². The van der Waals surface area contributed by atoms with Gasteiger partial charge in [-0.05, 0) is 40.8 Å². The van der Waals surface area contributed by atoms with E-state index in [0.29, 0.717) is 23.6 Å². The molecular weight excluding hydrogens is 346 g/mol. The minimum atomic E-state index is -1.00. The standard InChI is InChI=1S/C19H15N5O3/c25-19(26)13-6-8-17(14(9-13)10-18-21-23-24-22-18)27-11-15-7-5-12-3-1-2-4-16(12)20-15/h1-9H,10-11H2,(H,25,26)(H,21,22,23,24). The molecule has 0 aliphatic rings. The zero-order chi connectivity index (χ0) is 18.6. The Balaban J connectivity index is 1.58. The van der Waals surface area contributed by atoms with Gasteiger partial charge in [0.15, 0.2) is 5.82 Å². The monoisotopic (exact) mass is 361 g/mol. The highest BCUT2D eigenvalue weighted by atomic mass is 16.5. The third-order valence-corrected chi connectivity index (χ3v) is 4.09. The Morgan fingerprint density at radius 1 is 1.11 bits per heavy atom. The van der Waals surface area contributed by atoms with Gasteiger partial charge in [-0.25, -0.2) is 14.9 Å². The van der Waals surface area contributed by atoms with Crippen LogP contribution in [0.15, 0.2) is 54.6 Å². The molecule has 134 valence electrons. The molecule has 0 fully saturated rings. The Kier molecular flexibility index (Phi) is 4.44. The second kappa shape index (κ2) is 7.20. The fourth-order valence-corrected chi connectivity index (χ4v) is 2.77. The molecule has 0 amide bonds. The highest BCUT2D eigenvalue weighted by Gasteiger charge is 2.12. The molecule has 0 bridgehead atoms. The second-order valence-corrected chi connectivity index (χ2v) is 5.94. The number of carbonyl (C=O) groups is 1. The molecule has 0 aliphatic heterocycles. The number of nitrogens with one attached hydrogen (secondary N) is 1. The number of nitrogens with zero attached hydrogens (tertiary/aromatic N) is 4. The van der Waals surface area contributed by atoms with Crippen molar-refractivity contribution in [2.45, 2.75) is 13.0 Å². The number of H-pyrrole nitrogens is 1. The minimum absolute atomic E-state index is 0.175. The maximum Gasteiger partial charge on any atom is 0.335 e. The van der Waals surface area contributed by atoms with Crippen LogP contribution in [0.1, 0.15) is 27.4 Å². The Morgan fingerprint density at radius 2 is 2.00 bits per heavy atom. The third-order valence-electron chi connectivity index (χ3n) is 4.09. The maximum atomic E-state index is 11.3. The molecule has 2 heterocycles. The van der Waals surface area contributed by atoms with E-state index in [1.807, 2.05) is 36.4 Å². The van der Waals surface area contributed by atoms with Crippen LogP contribution in [-0.2, 0) is 13.0 Å². The first-order valence-electron chi connectivity index (χ1n) is 8.25. The van der Waals surface area contributed by atoms with Gasteiger partial charge >= 0.3 is 5.97 Å². The Hall–Kier alpha value is -3.81. The predicted octanol–water partition coefficient (Wildman–Crippen LogP) is 2.62. The molecule has 2 N–H and O–H groups in total. The first kappa shape index (κ1) is 16.6. The lowest BCUT2D eigenvalue weighted by Crippen LogP contribution is -2.04. The van der Waals surface area contributed by atoms with Gasteiger partial charge < -0.3 is 9.84 Å². The van der Waals surface area contributed by atoms with Gasteiger partial charge in [0, 0.05) is 17.4 Å². The summed E-state index contributed by atoms with van der Waals surface area (Å²) in [6, 6.07) is 16.5. The summed E-state index contributed by atoms with van der Waals surface area (Å²) in [4.78, 5) is 15.9. The molecule has 8 nitrogen and oxygen atoms in total. The van der Waals surface area contributed by atoms with Crippen molar-refractivity contribution in [2.75, 3.05) is 0 Å². The van der Waals surface area contributed by atoms with Gasteiger partial charge in [-0.3, -0.25) is 0 Å².